The number of unbranched alkanes of at least 4 members (excludes halogenated alkanes) is 1. The summed E-state index contributed by atoms with van der Waals surface area (Å²) in [6.45, 7) is 4.36. The summed E-state index contributed by atoms with van der Waals surface area (Å²) >= 11 is 0. The average Bonchev–Trinajstić information content (AvgIpc) is 3.07. The van der Waals surface area contributed by atoms with Crippen molar-refractivity contribution in [1.82, 2.24) is 0 Å². The summed E-state index contributed by atoms with van der Waals surface area (Å²) in [5.74, 6) is -1.12. The molecule has 0 aliphatic heterocycles. The average molecular weight is 392 g/mol. The van der Waals surface area contributed by atoms with Crippen LogP contribution in [0.15, 0.2) is 18.2 Å². The van der Waals surface area contributed by atoms with Crippen LogP contribution in [0.25, 0.3) is 0 Å². The van der Waals surface area contributed by atoms with E-state index in [-0.39, 0.29) is 41.5 Å². The van der Waals surface area contributed by atoms with Gasteiger partial charge < -0.3 is 29.3 Å². The van der Waals surface area contributed by atoms with Crippen molar-refractivity contribution >= 4 is 23.9 Å². The van der Waals surface area contributed by atoms with Crippen LogP contribution in [0.3, 0.4) is 0 Å². The van der Waals surface area contributed by atoms with Crippen molar-refractivity contribution in [2.75, 3.05) is 0 Å². The summed E-state index contributed by atoms with van der Waals surface area (Å²) in [5.41, 5.74) is 0.247. The van der Waals surface area contributed by atoms with E-state index in [0.29, 0.717) is 19.3 Å². The number of Topliss-reactive ketones (excluding diaryl/α,β-unsaturated/α-hetero) is 2. The smallest absolute Gasteiger partial charge is 0.257 e. The molecule has 1 unspecified atom stereocenters. The van der Waals surface area contributed by atoms with Gasteiger partial charge in [0.25, 0.3) is 12.3 Å². The van der Waals surface area contributed by atoms with E-state index in [1.54, 1.807) is 0 Å². The van der Waals surface area contributed by atoms with Gasteiger partial charge in [0.2, 0.25) is 0 Å². The molecule has 0 bridgehead atoms. The van der Waals surface area contributed by atoms with Crippen molar-refractivity contribution in [2.45, 2.75) is 58.8 Å². The second-order valence-electron chi connectivity index (χ2n) is 6.35. The van der Waals surface area contributed by atoms with Crippen molar-refractivity contribution in [3.63, 3.8) is 0 Å². The monoisotopic (exact) mass is 392 g/mol. The van der Waals surface area contributed by atoms with Crippen LogP contribution in [0.4, 0.5) is 9.59 Å². The molecule has 0 radical (unpaired) electrons. The third-order valence-electron chi connectivity index (χ3n) is 4.26. The number of aryl methyl sites for hydroxylation is 1. The van der Waals surface area contributed by atoms with Gasteiger partial charge in [0.05, 0.1) is 17.4 Å². The van der Waals surface area contributed by atoms with Gasteiger partial charge in [-0.15, -0.1) is 0 Å². The zero-order valence-electron chi connectivity index (χ0n) is 16.0. The van der Waals surface area contributed by atoms with Crippen LogP contribution in [0.5, 0.6) is 11.5 Å². The summed E-state index contributed by atoms with van der Waals surface area (Å²) in [6.07, 6.45) is 0.732. The first-order valence-corrected chi connectivity index (χ1v) is 9.24. The molecule has 0 saturated heterocycles. The van der Waals surface area contributed by atoms with Crippen molar-refractivity contribution in [3.05, 3.63) is 23.8 Å². The number of carboxylic acid groups (broad SMARTS) is 2. The van der Waals surface area contributed by atoms with Crippen LogP contribution >= 0.6 is 0 Å². The molecule has 0 amide bonds. The molecule has 1 fully saturated rings. The van der Waals surface area contributed by atoms with Gasteiger partial charge in [-0.3, -0.25) is 9.59 Å². The van der Waals surface area contributed by atoms with Crippen LogP contribution in [-0.4, -0.2) is 23.9 Å². The molecule has 0 spiro atoms. The summed E-state index contributed by atoms with van der Waals surface area (Å²) in [4.78, 5) is 44.7. The molecule has 1 aliphatic rings. The van der Waals surface area contributed by atoms with Crippen LogP contribution in [-0.2, 0) is 16.0 Å². The number of ether oxygens (including phenoxy) is 2. The molecule has 1 atom stereocenters. The highest BCUT2D eigenvalue weighted by Gasteiger charge is 2.30. The Hall–Kier alpha value is -2.90. The van der Waals surface area contributed by atoms with Gasteiger partial charge in [-0.1, -0.05) is 26.7 Å². The molecule has 1 aromatic carbocycles. The molecular weight excluding hydrogens is 368 g/mol. The maximum absolute atomic E-state index is 12.1. The number of ketones is 2. The predicted molar refractivity (Wildman–Crippen MR) is 94.7 cm³/mol. The van der Waals surface area contributed by atoms with E-state index >= 15 is 0 Å². The molecule has 154 valence electrons. The highest BCUT2D eigenvalue weighted by Crippen LogP contribution is 2.28. The van der Waals surface area contributed by atoms with Crippen LogP contribution in [0, 0.1) is 5.92 Å². The Morgan fingerprint density at radius 1 is 1.07 bits per heavy atom. The first-order valence-electron chi connectivity index (χ1n) is 9.24. The van der Waals surface area contributed by atoms with Gasteiger partial charge in [-0.05, 0) is 43.0 Å². The molecule has 8 heteroatoms. The summed E-state index contributed by atoms with van der Waals surface area (Å²) in [7, 11) is 0. The molecule has 2 rings (SSSR count). The van der Waals surface area contributed by atoms with Crippen molar-refractivity contribution < 1.29 is 38.9 Å². The Kier molecular flexibility index (Phi) is 9.70. The lowest BCUT2D eigenvalue weighted by atomic mass is 9.96. The topological polar surface area (TPSA) is 133 Å². The predicted octanol–water partition coefficient (Wildman–Crippen LogP) is 1.81. The van der Waals surface area contributed by atoms with Gasteiger partial charge in [0, 0.05) is 12.8 Å². The lowest BCUT2D eigenvalue weighted by Gasteiger charge is -2.17. The molecule has 1 aliphatic carbocycles. The van der Waals surface area contributed by atoms with E-state index in [1.807, 2.05) is 0 Å². The van der Waals surface area contributed by atoms with Gasteiger partial charge in [-0.2, -0.15) is 0 Å². The Bertz CT molecular complexity index is 708. The fraction of sp³-hybridized carbons (Fsp3) is 0.500. The van der Waals surface area contributed by atoms with Crippen molar-refractivity contribution in [3.8, 4) is 11.5 Å². The van der Waals surface area contributed by atoms with E-state index in [2.05, 4.69) is 23.3 Å². The van der Waals surface area contributed by atoms with Crippen LogP contribution in [0.2, 0.25) is 0 Å². The van der Waals surface area contributed by atoms with Crippen molar-refractivity contribution in [2.24, 2.45) is 5.92 Å². The third kappa shape index (κ3) is 7.77. The minimum atomic E-state index is -1.79. The summed E-state index contributed by atoms with van der Waals surface area (Å²) in [6, 6.07) is 3.60. The minimum absolute atomic E-state index is 0.00537. The standard InChI is InChI=1S/C16H16O8.C4H10/c17-12-3-1-2-11(12)13(18)6-4-9-8-10(23-15(19)20)5-7-14(9)24-16(21)22;1-3-4-2/h5,7-8,11H,1-4,6H2,(H,19,20)(H,21,22);3-4H2,1-2H3/p-2. The largest absolute Gasteiger partial charge is 0.514 e. The molecule has 1 saturated carbocycles. The van der Waals surface area contributed by atoms with Gasteiger partial charge in [0.15, 0.2) is 0 Å². The molecule has 0 heterocycles. The lowest BCUT2D eigenvalue weighted by molar-refractivity contribution is -0.272. The molecule has 28 heavy (non-hydrogen) atoms. The number of rotatable bonds is 7. The SMILES string of the molecule is CCCC.O=C([O-])Oc1ccc(OC(=O)[O-])c(CCC(=O)C2CCCC2=O)c1. The molecular formula is C20H24O8-2. The van der Waals surface area contributed by atoms with Gasteiger partial charge in [0.1, 0.15) is 11.6 Å². The van der Waals surface area contributed by atoms with E-state index in [9.17, 15) is 29.4 Å². The second-order valence-corrected chi connectivity index (χ2v) is 6.35. The minimum Gasteiger partial charge on any atom is -0.514 e. The second kappa shape index (κ2) is 11.7. The fourth-order valence-electron chi connectivity index (χ4n) is 2.69. The first kappa shape index (κ1) is 23.1. The number of hydrogen-bond donors (Lipinski definition) is 0. The summed E-state index contributed by atoms with van der Waals surface area (Å²) in [5, 5.41) is 21.1. The molecule has 0 aromatic heterocycles. The lowest BCUT2D eigenvalue weighted by Crippen LogP contribution is -2.27. The molecule has 8 nitrogen and oxygen atoms in total. The van der Waals surface area contributed by atoms with Gasteiger partial charge in [-0.25, -0.2) is 0 Å². The molecule has 1 aromatic rings. The Morgan fingerprint density at radius 3 is 2.21 bits per heavy atom. The van der Waals surface area contributed by atoms with E-state index in [4.69, 9.17) is 0 Å². The molecule has 0 N–H and O–H groups in total. The quantitative estimate of drug-likeness (QED) is 0.390. The number of benzene rings is 1. The Labute approximate surface area is 163 Å². The first-order chi connectivity index (χ1) is 13.3. The maximum Gasteiger partial charge on any atom is 0.257 e. The number of carbonyl (C=O) groups excluding carboxylic acids is 4. The van der Waals surface area contributed by atoms with Gasteiger partial charge >= 0.3 is 0 Å². The normalized spacial score (nSPS) is 15.4. The fourth-order valence-corrected chi connectivity index (χ4v) is 2.69. The third-order valence-corrected chi connectivity index (χ3v) is 4.26. The van der Waals surface area contributed by atoms with Crippen LogP contribution < -0.4 is 19.7 Å². The Balaban J connectivity index is 0.000000892. The van der Waals surface area contributed by atoms with E-state index in [1.165, 1.54) is 31.0 Å². The highest BCUT2D eigenvalue weighted by atomic mass is 16.7. The van der Waals surface area contributed by atoms with Crippen LogP contribution in [0.1, 0.15) is 57.9 Å². The van der Waals surface area contributed by atoms with E-state index < -0.39 is 18.2 Å². The Morgan fingerprint density at radius 2 is 1.71 bits per heavy atom. The van der Waals surface area contributed by atoms with Crippen molar-refractivity contribution in [1.29, 1.82) is 0 Å². The summed E-state index contributed by atoms with van der Waals surface area (Å²) < 4.78 is 8.88. The zero-order chi connectivity index (χ0) is 21.1. The number of hydrogen-bond acceptors (Lipinski definition) is 8. The maximum atomic E-state index is 12.1. The van der Waals surface area contributed by atoms with E-state index in [0.717, 1.165) is 0 Å². The highest BCUT2D eigenvalue weighted by molar-refractivity contribution is 6.03. The zero-order valence-corrected chi connectivity index (χ0v) is 16.0. The number of carbonyl (C=O) groups is 4.